The molecule has 2 amide bonds. The highest BCUT2D eigenvalue weighted by Crippen LogP contribution is 2.22. The summed E-state index contributed by atoms with van der Waals surface area (Å²) < 4.78 is 0. The van der Waals surface area contributed by atoms with E-state index in [1.54, 1.807) is 18.2 Å². The van der Waals surface area contributed by atoms with E-state index in [1.807, 2.05) is 0 Å². The third-order valence-corrected chi connectivity index (χ3v) is 2.83. The van der Waals surface area contributed by atoms with Crippen molar-refractivity contribution in [1.29, 1.82) is 0 Å². The summed E-state index contributed by atoms with van der Waals surface area (Å²) in [5.41, 5.74) is 5.85. The van der Waals surface area contributed by atoms with Gasteiger partial charge in [0.05, 0.1) is 0 Å². The van der Waals surface area contributed by atoms with E-state index < -0.39 is 0 Å². The van der Waals surface area contributed by atoms with E-state index in [-0.39, 0.29) is 11.9 Å². The van der Waals surface area contributed by atoms with E-state index in [9.17, 15) is 4.79 Å². The van der Waals surface area contributed by atoms with Crippen LogP contribution in [0.4, 0.5) is 10.5 Å². The minimum Gasteiger partial charge on any atom is -0.409 e. The second-order valence-electron chi connectivity index (χ2n) is 4.09. The SMILES string of the molecule is N/C(CCCCNC(=O)Nc1cc(Cl)cc(Cl)c1)=N/O. The molecule has 1 rings (SSSR count). The number of anilines is 1. The molecule has 0 atom stereocenters. The monoisotopic (exact) mass is 318 g/mol. The van der Waals surface area contributed by atoms with E-state index in [4.69, 9.17) is 34.1 Å². The number of amides is 2. The molecule has 0 aromatic heterocycles. The van der Waals surface area contributed by atoms with Gasteiger partial charge in [0, 0.05) is 28.7 Å². The average Bonchev–Trinajstić information content (AvgIpc) is 2.36. The molecule has 6 nitrogen and oxygen atoms in total. The van der Waals surface area contributed by atoms with Crippen LogP contribution in [0.2, 0.25) is 10.0 Å². The lowest BCUT2D eigenvalue weighted by atomic mass is 10.2. The molecule has 0 fully saturated rings. The Hall–Kier alpha value is -1.66. The fourth-order valence-corrected chi connectivity index (χ4v) is 2.01. The molecule has 0 radical (unpaired) electrons. The number of nitrogens with zero attached hydrogens (tertiary/aromatic N) is 1. The summed E-state index contributed by atoms with van der Waals surface area (Å²) in [7, 11) is 0. The number of hydrogen-bond acceptors (Lipinski definition) is 3. The van der Waals surface area contributed by atoms with E-state index in [0.717, 1.165) is 12.8 Å². The third-order valence-electron chi connectivity index (χ3n) is 2.39. The molecule has 110 valence electrons. The first-order chi connectivity index (χ1) is 9.51. The number of carbonyl (C=O) groups excluding carboxylic acids is 1. The molecule has 0 aliphatic heterocycles. The zero-order valence-corrected chi connectivity index (χ0v) is 12.2. The summed E-state index contributed by atoms with van der Waals surface area (Å²) in [6.07, 6.45) is 1.93. The van der Waals surface area contributed by atoms with Crippen LogP contribution in [-0.2, 0) is 0 Å². The molecule has 1 aromatic rings. The summed E-state index contributed by atoms with van der Waals surface area (Å²) in [6.45, 7) is 0.485. The molecule has 0 saturated heterocycles. The lowest BCUT2D eigenvalue weighted by Crippen LogP contribution is -2.29. The van der Waals surface area contributed by atoms with Gasteiger partial charge in [-0.3, -0.25) is 0 Å². The van der Waals surface area contributed by atoms with Gasteiger partial charge in [-0.1, -0.05) is 28.4 Å². The molecule has 20 heavy (non-hydrogen) atoms. The first-order valence-electron chi connectivity index (χ1n) is 5.98. The number of urea groups is 1. The number of rotatable bonds is 6. The van der Waals surface area contributed by atoms with Crippen LogP contribution in [0.25, 0.3) is 0 Å². The smallest absolute Gasteiger partial charge is 0.319 e. The number of oxime groups is 1. The van der Waals surface area contributed by atoms with Gasteiger partial charge in [-0.2, -0.15) is 0 Å². The third kappa shape index (κ3) is 6.49. The van der Waals surface area contributed by atoms with Gasteiger partial charge < -0.3 is 21.6 Å². The van der Waals surface area contributed by atoms with Crippen molar-refractivity contribution < 1.29 is 10.0 Å². The van der Waals surface area contributed by atoms with Crippen LogP contribution < -0.4 is 16.4 Å². The fourth-order valence-electron chi connectivity index (χ4n) is 1.48. The summed E-state index contributed by atoms with van der Waals surface area (Å²) in [4.78, 5) is 11.6. The molecule has 5 N–H and O–H groups in total. The molecule has 0 aliphatic carbocycles. The predicted molar refractivity (Wildman–Crippen MR) is 80.7 cm³/mol. The quantitative estimate of drug-likeness (QED) is 0.213. The van der Waals surface area contributed by atoms with Crippen LogP contribution in [0.5, 0.6) is 0 Å². The van der Waals surface area contributed by atoms with Crippen molar-refractivity contribution in [3.63, 3.8) is 0 Å². The summed E-state index contributed by atoms with van der Waals surface area (Å²) >= 11 is 11.6. The van der Waals surface area contributed by atoms with Gasteiger partial charge in [-0.15, -0.1) is 0 Å². The summed E-state index contributed by atoms with van der Waals surface area (Å²) in [6, 6.07) is 4.45. The largest absolute Gasteiger partial charge is 0.409 e. The Kier molecular flexibility index (Phi) is 6.97. The first kappa shape index (κ1) is 16.4. The van der Waals surface area contributed by atoms with Crippen molar-refractivity contribution in [3.8, 4) is 0 Å². The van der Waals surface area contributed by atoms with Gasteiger partial charge in [-0.05, 0) is 31.0 Å². The molecular formula is C12H16Cl2N4O2. The summed E-state index contributed by atoms with van der Waals surface area (Å²) in [5.74, 6) is 0.183. The molecule has 0 spiro atoms. The van der Waals surface area contributed by atoms with Crippen LogP contribution >= 0.6 is 23.2 Å². The number of benzene rings is 1. The van der Waals surface area contributed by atoms with Crippen molar-refractivity contribution in [2.24, 2.45) is 10.9 Å². The maximum Gasteiger partial charge on any atom is 0.319 e. The zero-order chi connectivity index (χ0) is 15.0. The van der Waals surface area contributed by atoms with Gasteiger partial charge in [0.1, 0.15) is 5.84 Å². The lowest BCUT2D eigenvalue weighted by molar-refractivity contribution is 0.252. The number of hydrogen-bond donors (Lipinski definition) is 4. The number of carbonyl (C=O) groups is 1. The summed E-state index contributed by atoms with van der Waals surface area (Å²) in [5, 5.41) is 17.4. The van der Waals surface area contributed by atoms with Crippen LogP contribution in [-0.4, -0.2) is 23.6 Å². The van der Waals surface area contributed by atoms with E-state index in [1.165, 1.54) is 0 Å². The first-order valence-corrected chi connectivity index (χ1v) is 6.74. The number of amidine groups is 1. The molecule has 1 aromatic carbocycles. The van der Waals surface area contributed by atoms with E-state index in [2.05, 4.69) is 15.8 Å². The Morgan fingerprint density at radius 1 is 1.25 bits per heavy atom. The van der Waals surface area contributed by atoms with Crippen LogP contribution in [0.15, 0.2) is 23.4 Å². The Balaban J connectivity index is 2.26. The number of unbranched alkanes of at least 4 members (excludes halogenated alkanes) is 1. The Morgan fingerprint density at radius 3 is 2.50 bits per heavy atom. The Labute approximate surface area is 126 Å². The van der Waals surface area contributed by atoms with Crippen LogP contribution in [0.1, 0.15) is 19.3 Å². The number of halogens is 2. The zero-order valence-electron chi connectivity index (χ0n) is 10.7. The van der Waals surface area contributed by atoms with E-state index in [0.29, 0.717) is 28.7 Å². The maximum atomic E-state index is 11.6. The second kappa shape index (κ2) is 8.50. The second-order valence-corrected chi connectivity index (χ2v) is 4.96. The molecule has 0 saturated carbocycles. The Morgan fingerprint density at radius 2 is 1.90 bits per heavy atom. The molecule has 8 heteroatoms. The lowest BCUT2D eigenvalue weighted by Gasteiger charge is -2.08. The van der Waals surface area contributed by atoms with Gasteiger partial charge in [0.15, 0.2) is 0 Å². The fraction of sp³-hybridized carbons (Fsp3) is 0.333. The van der Waals surface area contributed by atoms with Crippen LogP contribution in [0.3, 0.4) is 0 Å². The van der Waals surface area contributed by atoms with Crippen molar-refractivity contribution in [3.05, 3.63) is 28.2 Å². The van der Waals surface area contributed by atoms with Crippen molar-refractivity contribution >= 4 is 40.8 Å². The molecule has 0 aliphatic rings. The van der Waals surface area contributed by atoms with Crippen molar-refractivity contribution in [1.82, 2.24) is 5.32 Å². The number of nitrogens with one attached hydrogen (secondary N) is 2. The highest BCUT2D eigenvalue weighted by atomic mass is 35.5. The highest BCUT2D eigenvalue weighted by molar-refractivity contribution is 6.35. The highest BCUT2D eigenvalue weighted by Gasteiger charge is 2.03. The van der Waals surface area contributed by atoms with Crippen LogP contribution in [0, 0.1) is 0 Å². The standard InChI is InChI=1S/C12H16Cl2N4O2/c13-8-5-9(14)7-10(6-8)17-12(19)16-4-2-1-3-11(15)18-20/h5-7,20H,1-4H2,(H2,15,18)(H2,16,17,19). The van der Waals surface area contributed by atoms with Crippen molar-refractivity contribution in [2.45, 2.75) is 19.3 Å². The molecule has 0 unspecified atom stereocenters. The van der Waals surface area contributed by atoms with Gasteiger partial charge >= 0.3 is 6.03 Å². The van der Waals surface area contributed by atoms with E-state index >= 15 is 0 Å². The molecular weight excluding hydrogens is 303 g/mol. The predicted octanol–water partition coefficient (Wildman–Crippen LogP) is 3.03. The minimum atomic E-state index is -0.341. The average molecular weight is 319 g/mol. The topological polar surface area (TPSA) is 99.7 Å². The van der Waals surface area contributed by atoms with Crippen molar-refractivity contribution in [2.75, 3.05) is 11.9 Å². The van der Waals surface area contributed by atoms with Gasteiger partial charge in [-0.25, -0.2) is 4.79 Å². The normalized spacial score (nSPS) is 11.2. The molecule has 0 bridgehead atoms. The maximum absolute atomic E-state index is 11.6. The Bertz CT molecular complexity index is 474. The minimum absolute atomic E-state index is 0.183. The van der Waals surface area contributed by atoms with Gasteiger partial charge in [0.2, 0.25) is 0 Å². The number of nitrogens with two attached hydrogens (primary N) is 1. The van der Waals surface area contributed by atoms with Gasteiger partial charge in [0.25, 0.3) is 0 Å². The molecule has 0 heterocycles.